The Morgan fingerprint density at radius 2 is 1.80 bits per heavy atom. The Kier molecular flexibility index (Phi) is 4.00. The minimum absolute atomic E-state index is 0.514. The molecule has 0 radical (unpaired) electrons. The second-order valence-corrected chi connectivity index (χ2v) is 6.17. The van der Waals surface area contributed by atoms with Crippen LogP contribution in [0.15, 0.2) is 0 Å². The van der Waals surface area contributed by atoms with Crippen molar-refractivity contribution in [1.29, 1.82) is 0 Å². The van der Waals surface area contributed by atoms with Crippen molar-refractivity contribution >= 4 is 12.1 Å². The molecule has 0 aromatic carbocycles. The molecule has 1 saturated heterocycles. The first-order chi connectivity index (χ1) is 8.78. The third-order valence-corrected chi connectivity index (χ3v) is 3.29. The van der Waals surface area contributed by atoms with Gasteiger partial charge in [0.25, 0.3) is 0 Å². The van der Waals surface area contributed by atoms with Gasteiger partial charge in [0.15, 0.2) is 0 Å². The fourth-order valence-corrected chi connectivity index (χ4v) is 2.10. The third-order valence-electron chi connectivity index (χ3n) is 3.29. The molecule has 2 atom stereocenters. The van der Waals surface area contributed by atoms with Crippen molar-refractivity contribution in [2.75, 3.05) is 13.1 Å². The van der Waals surface area contributed by atoms with Crippen LogP contribution in [0.4, 0.5) is 18.0 Å². The van der Waals surface area contributed by atoms with E-state index in [9.17, 15) is 22.8 Å². The zero-order valence-electron chi connectivity index (χ0n) is 11.7. The number of carbonyl (C=O) groups excluding carboxylic acids is 1. The molecule has 5 nitrogen and oxygen atoms in total. The lowest BCUT2D eigenvalue weighted by atomic mass is 9.79. The predicted octanol–water partition coefficient (Wildman–Crippen LogP) is 2.51. The summed E-state index contributed by atoms with van der Waals surface area (Å²) < 4.78 is 44.2. The van der Waals surface area contributed by atoms with Gasteiger partial charge in [0.05, 0.1) is 11.3 Å². The summed E-state index contributed by atoms with van der Waals surface area (Å²) in [7, 11) is 0. The molecule has 0 unspecified atom stereocenters. The summed E-state index contributed by atoms with van der Waals surface area (Å²) in [4.78, 5) is 23.6. The number of nitrogens with zero attached hydrogens (tertiary/aromatic N) is 1. The molecular formula is C12H18F3NO4. The largest absolute Gasteiger partial charge is 0.481 e. The van der Waals surface area contributed by atoms with Crippen molar-refractivity contribution in [3.63, 3.8) is 0 Å². The molecule has 1 N–H and O–H groups in total. The van der Waals surface area contributed by atoms with Crippen LogP contribution < -0.4 is 0 Å². The summed E-state index contributed by atoms with van der Waals surface area (Å²) in [5.41, 5.74) is -3.33. The number of alkyl halides is 3. The third kappa shape index (κ3) is 3.16. The Morgan fingerprint density at radius 1 is 1.30 bits per heavy atom. The molecule has 0 aliphatic carbocycles. The number of hydrogen-bond donors (Lipinski definition) is 1. The van der Waals surface area contributed by atoms with Crippen LogP contribution in [0.2, 0.25) is 0 Å². The van der Waals surface area contributed by atoms with Crippen molar-refractivity contribution in [3.8, 4) is 0 Å². The summed E-state index contributed by atoms with van der Waals surface area (Å²) in [6.45, 7) is 4.33. The summed E-state index contributed by atoms with van der Waals surface area (Å²) in [5, 5.41) is 8.97. The molecule has 1 rings (SSSR count). The van der Waals surface area contributed by atoms with Gasteiger partial charge < -0.3 is 14.7 Å². The van der Waals surface area contributed by atoms with Crippen molar-refractivity contribution in [2.45, 2.75) is 39.5 Å². The first-order valence-corrected chi connectivity index (χ1v) is 6.05. The van der Waals surface area contributed by atoms with Crippen LogP contribution in [0, 0.1) is 11.3 Å². The lowest BCUT2D eigenvalue weighted by Gasteiger charge is -2.30. The van der Waals surface area contributed by atoms with Gasteiger partial charge in [0, 0.05) is 13.1 Å². The Balaban J connectivity index is 2.98. The van der Waals surface area contributed by atoms with Crippen LogP contribution in [-0.2, 0) is 9.53 Å². The highest BCUT2D eigenvalue weighted by Crippen LogP contribution is 2.48. The average Bonchev–Trinajstić information content (AvgIpc) is 2.54. The molecule has 1 heterocycles. The van der Waals surface area contributed by atoms with Crippen LogP contribution in [0.25, 0.3) is 0 Å². The van der Waals surface area contributed by atoms with E-state index >= 15 is 0 Å². The number of hydrogen-bond acceptors (Lipinski definition) is 3. The average molecular weight is 297 g/mol. The van der Waals surface area contributed by atoms with E-state index in [1.54, 1.807) is 20.8 Å². The van der Waals surface area contributed by atoms with E-state index in [0.717, 1.165) is 11.8 Å². The van der Waals surface area contributed by atoms with E-state index < -0.39 is 48.3 Å². The molecule has 1 amide bonds. The quantitative estimate of drug-likeness (QED) is 0.807. The molecule has 116 valence electrons. The fourth-order valence-electron chi connectivity index (χ4n) is 2.10. The Morgan fingerprint density at radius 3 is 2.10 bits per heavy atom. The van der Waals surface area contributed by atoms with E-state index in [0.29, 0.717) is 0 Å². The predicted molar refractivity (Wildman–Crippen MR) is 63.1 cm³/mol. The highest BCUT2D eigenvalue weighted by atomic mass is 19.4. The molecular weight excluding hydrogens is 279 g/mol. The fraction of sp³-hybridized carbons (Fsp3) is 0.833. The van der Waals surface area contributed by atoms with Crippen molar-refractivity contribution in [2.24, 2.45) is 11.3 Å². The van der Waals surface area contributed by atoms with E-state index in [1.165, 1.54) is 0 Å². The first-order valence-electron chi connectivity index (χ1n) is 6.05. The lowest BCUT2D eigenvalue weighted by molar-refractivity contribution is -0.228. The number of carboxylic acids is 1. The molecule has 0 aromatic rings. The molecule has 1 aliphatic rings. The van der Waals surface area contributed by atoms with Gasteiger partial charge in [-0.3, -0.25) is 4.79 Å². The smallest absolute Gasteiger partial charge is 0.410 e. The molecule has 0 bridgehead atoms. The molecule has 0 saturated carbocycles. The highest BCUT2D eigenvalue weighted by Gasteiger charge is 2.63. The molecule has 0 spiro atoms. The monoisotopic (exact) mass is 297 g/mol. The van der Waals surface area contributed by atoms with Gasteiger partial charge in [-0.1, -0.05) is 0 Å². The summed E-state index contributed by atoms with van der Waals surface area (Å²) in [6, 6.07) is 0. The zero-order chi connectivity index (χ0) is 15.9. The molecule has 1 aliphatic heterocycles. The highest BCUT2D eigenvalue weighted by molar-refractivity contribution is 5.75. The Bertz CT molecular complexity index is 416. The molecule has 1 fully saturated rings. The van der Waals surface area contributed by atoms with Gasteiger partial charge in [-0.15, -0.1) is 0 Å². The second-order valence-electron chi connectivity index (χ2n) is 6.17. The number of likely N-dealkylation sites (tertiary alicyclic amines) is 1. The molecule has 8 heteroatoms. The SMILES string of the molecule is CC(C)(C)OC(=O)N1C[C@@H](C(=O)O)[C@@](C)(C(F)(F)F)C1. The van der Waals surface area contributed by atoms with Gasteiger partial charge in [-0.2, -0.15) is 13.2 Å². The number of ether oxygens (including phenoxy) is 1. The van der Waals surface area contributed by atoms with Crippen LogP contribution in [0.1, 0.15) is 27.7 Å². The van der Waals surface area contributed by atoms with Crippen molar-refractivity contribution in [1.82, 2.24) is 4.90 Å². The minimum Gasteiger partial charge on any atom is -0.481 e. The van der Waals surface area contributed by atoms with Crippen LogP contribution >= 0.6 is 0 Å². The summed E-state index contributed by atoms with van der Waals surface area (Å²) in [6.07, 6.45) is -5.65. The van der Waals surface area contributed by atoms with Crippen LogP contribution in [-0.4, -0.2) is 46.9 Å². The summed E-state index contributed by atoms with van der Waals surface area (Å²) >= 11 is 0. The van der Waals surface area contributed by atoms with Gasteiger partial charge in [0.1, 0.15) is 5.60 Å². The van der Waals surface area contributed by atoms with Crippen molar-refractivity contribution in [3.05, 3.63) is 0 Å². The van der Waals surface area contributed by atoms with E-state index in [1.807, 2.05) is 0 Å². The maximum Gasteiger partial charge on any atom is 0.410 e. The standard InChI is InChI=1S/C12H18F3NO4/c1-10(2,3)20-9(19)16-5-7(8(17)18)11(4,6-16)12(13,14)15/h7H,5-6H2,1-4H3,(H,17,18)/t7-,11-/m0/s1. The molecule has 20 heavy (non-hydrogen) atoms. The first kappa shape index (κ1) is 16.6. The number of aliphatic carboxylic acids is 1. The van der Waals surface area contributed by atoms with Gasteiger partial charge in [-0.25, -0.2) is 4.79 Å². The van der Waals surface area contributed by atoms with Gasteiger partial charge in [0.2, 0.25) is 0 Å². The minimum atomic E-state index is -4.72. The Hall–Kier alpha value is -1.47. The number of halogens is 3. The van der Waals surface area contributed by atoms with Gasteiger partial charge >= 0.3 is 18.2 Å². The van der Waals surface area contributed by atoms with Crippen LogP contribution in [0.5, 0.6) is 0 Å². The van der Waals surface area contributed by atoms with E-state index in [4.69, 9.17) is 9.84 Å². The maximum atomic E-state index is 13.1. The number of carbonyl (C=O) groups is 2. The van der Waals surface area contributed by atoms with Gasteiger partial charge in [-0.05, 0) is 27.7 Å². The zero-order valence-corrected chi connectivity index (χ0v) is 11.7. The maximum absolute atomic E-state index is 13.1. The topological polar surface area (TPSA) is 66.8 Å². The lowest BCUT2D eigenvalue weighted by Crippen LogP contribution is -2.45. The second kappa shape index (κ2) is 4.82. The Labute approximate surface area is 114 Å². The summed E-state index contributed by atoms with van der Waals surface area (Å²) in [5.74, 6) is -3.27. The van der Waals surface area contributed by atoms with Crippen molar-refractivity contribution < 1.29 is 32.6 Å². The van der Waals surface area contributed by atoms with E-state index in [-0.39, 0.29) is 0 Å². The number of carboxylic acid groups (broad SMARTS) is 1. The molecule has 0 aromatic heterocycles. The number of rotatable bonds is 1. The van der Waals surface area contributed by atoms with Crippen LogP contribution in [0.3, 0.4) is 0 Å². The normalized spacial score (nSPS) is 27.6. The number of amides is 1. The van der Waals surface area contributed by atoms with E-state index in [2.05, 4.69) is 0 Å².